The Balaban J connectivity index is 3.08. The molecule has 1 aliphatic rings. The predicted octanol–water partition coefficient (Wildman–Crippen LogP) is 0.447. The zero-order valence-corrected chi connectivity index (χ0v) is 8.41. The maximum Gasteiger partial charge on any atom is 0.101 e. The third-order valence-corrected chi connectivity index (χ3v) is 2.98. The topological polar surface area (TPSA) is 60.7 Å². The van der Waals surface area contributed by atoms with Gasteiger partial charge in [0.05, 0.1) is 12.7 Å². The molecule has 76 valence electrons. The van der Waals surface area contributed by atoms with Gasteiger partial charge in [-0.05, 0) is 29.9 Å². The number of hydrogen-bond acceptors (Lipinski definition) is 3. The third-order valence-electron chi connectivity index (χ3n) is 2.98. The highest BCUT2D eigenvalue weighted by Crippen LogP contribution is 2.39. The molecule has 3 nitrogen and oxygen atoms in total. The molecule has 0 amide bonds. The molecule has 0 radical (unpaired) electrons. The summed E-state index contributed by atoms with van der Waals surface area (Å²) in [6.07, 6.45) is -1.01. The Hall–Kier alpha value is -0.380. The molecule has 0 fully saturated rings. The molecule has 0 aromatic heterocycles. The minimum Gasteiger partial charge on any atom is -0.392 e. The van der Waals surface area contributed by atoms with Gasteiger partial charge in [-0.1, -0.05) is 13.8 Å². The van der Waals surface area contributed by atoms with Gasteiger partial charge < -0.3 is 15.3 Å². The Labute approximate surface area is 78.7 Å². The van der Waals surface area contributed by atoms with E-state index in [1.165, 1.54) is 0 Å². The minimum atomic E-state index is -0.810. The van der Waals surface area contributed by atoms with E-state index in [0.29, 0.717) is 12.0 Å². The molecule has 0 spiro atoms. The van der Waals surface area contributed by atoms with E-state index in [9.17, 15) is 10.2 Å². The third kappa shape index (κ3) is 1.77. The van der Waals surface area contributed by atoms with Crippen LogP contribution in [0.25, 0.3) is 0 Å². The van der Waals surface area contributed by atoms with Crippen LogP contribution in [-0.2, 0) is 0 Å². The number of aliphatic hydroxyl groups is 3. The lowest BCUT2D eigenvalue weighted by Crippen LogP contribution is -2.40. The van der Waals surface area contributed by atoms with E-state index in [1.54, 1.807) is 6.92 Å². The van der Waals surface area contributed by atoms with E-state index in [2.05, 4.69) is 0 Å². The van der Waals surface area contributed by atoms with Crippen molar-refractivity contribution in [3.63, 3.8) is 0 Å². The van der Waals surface area contributed by atoms with Crippen molar-refractivity contribution in [1.82, 2.24) is 0 Å². The first-order valence-electron chi connectivity index (χ1n) is 4.57. The average Bonchev–Trinajstić information content (AvgIpc) is 2.00. The summed E-state index contributed by atoms with van der Waals surface area (Å²) in [5.74, 6) is 0. The molecule has 3 N–H and O–H groups in total. The van der Waals surface area contributed by atoms with Gasteiger partial charge in [0.25, 0.3) is 0 Å². The van der Waals surface area contributed by atoms with Crippen LogP contribution in [0.15, 0.2) is 11.1 Å². The molecule has 0 bridgehead atoms. The summed E-state index contributed by atoms with van der Waals surface area (Å²) >= 11 is 0. The van der Waals surface area contributed by atoms with Crippen molar-refractivity contribution in [3.8, 4) is 0 Å². The van der Waals surface area contributed by atoms with E-state index >= 15 is 0 Å². The van der Waals surface area contributed by atoms with Crippen molar-refractivity contribution < 1.29 is 15.3 Å². The van der Waals surface area contributed by atoms with E-state index in [0.717, 1.165) is 5.57 Å². The molecule has 1 rings (SSSR count). The second-order valence-electron chi connectivity index (χ2n) is 4.42. The second-order valence-corrected chi connectivity index (χ2v) is 4.42. The minimum absolute atomic E-state index is 0.0391. The molecule has 0 heterocycles. The summed E-state index contributed by atoms with van der Waals surface area (Å²) in [5, 5.41) is 28.2. The number of aliphatic hydroxyl groups excluding tert-OH is 3. The van der Waals surface area contributed by atoms with E-state index < -0.39 is 12.2 Å². The smallest absolute Gasteiger partial charge is 0.101 e. The quantitative estimate of drug-likeness (QED) is 0.521. The Bertz CT molecular complexity index is 230. The Morgan fingerprint density at radius 1 is 1.38 bits per heavy atom. The SMILES string of the molecule is CC1=C(CO)C(C)(C)C[C@H](O)[C@@H]1O. The highest BCUT2D eigenvalue weighted by atomic mass is 16.3. The standard InChI is InChI=1S/C10H18O3/c1-6-7(5-11)10(2,3)4-8(12)9(6)13/h8-9,11-13H,4-5H2,1-3H3/t8-,9+/m0/s1. The molecule has 2 atom stereocenters. The van der Waals surface area contributed by atoms with Gasteiger partial charge in [0, 0.05) is 0 Å². The fourth-order valence-corrected chi connectivity index (χ4v) is 2.10. The lowest BCUT2D eigenvalue weighted by atomic mass is 9.71. The van der Waals surface area contributed by atoms with Crippen LogP contribution >= 0.6 is 0 Å². The molecular formula is C10H18O3. The van der Waals surface area contributed by atoms with Crippen LogP contribution in [0.2, 0.25) is 0 Å². The molecule has 0 aliphatic heterocycles. The highest BCUT2D eigenvalue weighted by Gasteiger charge is 2.37. The molecule has 1 aliphatic carbocycles. The normalized spacial score (nSPS) is 33.7. The van der Waals surface area contributed by atoms with Crippen molar-refractivity contribution in [3.05, 3.63) is 11.1 Å². The highest BCUT2D eigenvalue weighted by molar-refractivity contribution is 5.27. The Kier molecular flexibility index (Phi) is 2.80. The number of rotatable bonds is 1. The molecule has 0 unspecified atom stereocenters. The molecule has 0 aromatic rings. The zero-order valence-electron chi connectivity index (χ0n) is 8.41. The first-order chi connectivity index (χ1) is 5.90. The van der Waals surface area contributed by atoms with Gasteiger partial charge in [-0.25, -0.2) is 0 Å². The Morgan fingerprint density at radius 3 is 2.38 bits per heavy atom. The Morgan fingerprint density at radius 2 is 1.92 bits per heavy atom. The van der Waals surface area contributed by atoms with Crippen molar-refractivity contribution in [2.24, 2.45) is 5.41 Å². The van der Waals surface area contributed by atoms with Crippen LogP contribution in [0.4, 0.5) is 0 Å². The van der Waals surface area contributed by atoms with Gasteiger partial charge >= 0.3 is 0 Å². The van der Waals surface area contributed by atoms with Crippen molar-refractivity contribution >= 4 is 0 Å². The fourth-order valence-electron chi connectivity index (χ4n) is 2.10. The van der Waals surface area contributed by atoms with Gasteiger partial charge in [0.15, 0.2) is 0 Å². The van der Waals surface area contributed by atoms with Gasteiger partial charge in [0.1, 0.15) is 6.10 Å². The second kappa shape index (κ2) is 3.40. The summed E-state index contributed by atoms with van der Waals surface area (Å²) in [6.45, 7) is 5.66. The summed E-state index contributed by atoms with van der Waals surface area (Å²) in [6, 6.07) is 0. The maximum absolute atomic E-state index is 9.56. The molecular weight excluding hydrogens is 168 g/mol. The maximum atomic E-state index is 9.56. The van der Waals surface area contributed by atoms with Crippen molar-refractivity contribution in [1.29, 1.82) is 0 Å². The van der Waals surface area contributed by atoms with Gasteiger partial charge in [-0.15, -0.1) is 0 Å². The average molecular weight is 186 g/mol. The molecule has 0 saturated carbocycles. The van der Waals surface area contributed by atoms with Crippen LogP contribution in [-0.4, -0.2) is 34.1 Å². The first-order valence-corrected chi connectivity index (χ1v) is 4.57. The predicted molar refractivity (Wildman–Crippen MR) is 50.2 cm³/mol. The van der Waals surface area contributed by atoms with E-state index in [1.807, 2.05) is 13.8 Å². The van der Waals surface area contributed by atoms with Crippen molar-refractivity contribution in [2.75, 3.05) is 6.61 Å². The van der Waals surface area contributed by atoms with Crippen LogP contribution in [0.1, 0.15) is 27.2 Å². The van der Waals surface area contributed by atoms with Gasteiger partial charge in [0.2, 0.25) is 0 Å². The molecule has 13 heavy (non-hydrogen) atoms. The number of hydrogen-bond donors (Lipinski definition) is 3. The summed E-state index contributed by atoms with van der Waals surface area (Å²) < 4.78 is 0. The van der Waals surface area contributed by atoms with Crippen LogP contribution < -0.4 is 0 Å². The van der Waals surface area contributed by atoms with E-state index in [-0.39, 0.29) is 12.0 Å². The first kappa shape index (κ1) is 10.7. The lowest BCUT2D eigenvalue weighted by Gasteiger charge is -2.39. The van der Waals surface area contributed by atoms with Gasteiger partial charge in [-0.3, -0.25) is 0 Å². The summed E-state index contributed by atoms with van der Waals surface area (Å²) in [4.78, 5) is 0. The van der Waals surface area contributed by atoms with E-state index in [4.69, 9.17) is 5.11 Å². The summed E-state index contributed by atoms with van der Waals surface area (Å²) in [7, 11) is 0. The van der Waals surface area contributed by atoms with Gasteiger partial charge in [-0.2, -0.15) is 0 Å². The monoisotopic (exact) mass is 186 g/mol. The van der Waals surface area contributed by atoms with Crippen molar-refractivity contribution in [2.45, 2.75) is 39.4 Å². The molecule has 3 heteroatoms. The molecule has 0 aromatic carbocycles. The van der Waals surface area contributed by atoms with Crippen LogP contribution in [0, 0.1) is 5.41 Å². The van der Waals surface area contributed by atoms with Crippen LogP contribution in [0.3, 0.4) is 0 Å². The fraction of sp³-hybridized carbons (Fsp3) is 0.800. The largest absolute Gasteiger partial charge is 0.392 e. The molecule has 0 saturated heterocycles. The zero-order chi connectivity index (χ0) is 10.2. The summed E-state index contributed by atoms with van der Waals surface area (Å²) in [5.41, 5.74) is 1.36. The van der Waals surface area contributed by atoms with Crippen LogP contribution in [0.5, 0.6) is 0 Å². The lowest BCUT2D eigenvalue weighted by molar-refractivity contribution is 0.00260.